The van der Waals surface area contributed by atoms with Crippen LogP contribution < -0.4 is 20.9 Å². The first kappa shape index (κ1) is 14.6. The summed E-state index contributed by atoms with van der Waals surface area (Å²) in [5.41, 5.74) is 12.6. The minimum Gasteiger partial charge on any atom is -0.508 e. The van der Waals surface area contributed by atoms with Crippen LogP contribution in [0.2, 0.25) is 0 Å². The van der Waals surface area contributed by atoms with Gasteiger partial charge in [-0.1, -0.05) is 0 Å². The molecular formula is C18H16N2O3. The second kappa shape index (κ2) is 6.19. The van der Waals surface area contributed by atoms with Gasteiger partial charge in [0.15, 0.2) is 0 Å². The van der Waals surface area contributed by atoms with Gasteiger partial charge in [-0.05, 0) is 48.5 Å². The summed E-state index contributed by atoms with van der Waals surface area (Å²) in [7, 11) is 0. The highest BCUT2D eigenvalue weighted by molar-refractivity contribution is 5.48. The minimum atomic E-state index is 0.0448. The van der Waals surface area contributed by atoms with Crippen molar-refractivity contribution >= 4 is 11.4 Å². The lowest BCUT2D eigenvalue weighted by Gasteiger charge is -2.10. The molecule has 5 heteroatoms. The number of phenols is 1. The van der Waals surface area contributed by atoms with E-state index in [1.807, 2.05) is 0 Å². The first-order chi connectivity index (χ1) is 11.1. The van der Waals surface area contributed by atoms with Crippen LogP contribution in [-0.2, 0) is 0 Å². The average molecular weight is 308 g/mol. The van der Waals surface area contributed by atoms with E-state index in [9.17, 15) is 5.11 Å². The number of benzene rings is 3. The van der Waals surface area contributed by atoms with Crippen molar-refractivity contribution in [2.45, 2.75) is 0 Å². The van der Waals surface area contributed by atoms with Crippen molar-refractivity contribution < 1.29 is 14.6 Å². The Hall–Kier alpha value is -3.34. The predicted octanol–water partition coefficient (Wildman–Crippen LogP) is 4.14. The van der Waals surface area contributed by atoms with E-state index in [4.69, 9.17) is 20.9 Å². The maximum absolute atomic E-state index is 9.84. The van der Waals surface area contributed by atoms with Crippen LogP contribution in [0, 0.1) is 0 Å². The Morgan fingerprint density at radius 2 is 0.957 bits per heavy atom. The third kappa shape index (κ3) is 3.85. The van der Waals surface area contributed by atoms with Crippen molar-refractivity contribution in [2.75, 3.05) is 11.5 Å². The van der Waals surface area contributed by atoms with Gasteiger partial charge in [0.25, 0.3) is 0 Å². The van der Waals surface area contributed by atoms with Crippen LogP contribution in [0.15, 0.2) is 66.7 Å². The van der Waals surface area contributed by atoms with Crippen LogP contribution in [0.1, 0.15) is 0 Å². The Morgan fingerprint density at radius 1 is 0.565 bits per heavy atom. The number of anilines is 2. The second-order valence-corrected chi connectivity index (χ2v) is 5.00. The van der Waals surface area contributed by atoms with Crippen LogP contribution in [0.5, 0.6) is 28.7 Å². The van der Waals surface area contributed by atoms with Crippen LogP contribution >= 0.6 is 0 Å². The second-order valence-electron chi connectivity index (χ2n) is 5.00. The summed E-state index contributed by atoms with van der Waals surface area (Å²) in [6.07, 6.45) is 0. The molecule has 0 aliphatic carbocycles. The normalized spacial score (nSPS) is 10.3. The Morgan fingerprint density at radius 3 is 1.35 bits per heavy atom. The summed E-state index contributed by atoms with van der Waals surface area (Å²) in [6, 6.07) is 18.7. The van der Waals surface area contributed by atoms with Gasteiger partial charge in [0.05, 0.1) is 0 Å². The van der Waals surface area contributed by atoms with Crippen molar-refractivity contribution in [1.82, 2.24) is 0 Å². The summed E-state index contributed by atoms with van der Waals surface area (Å²) >= 11 is 0. The van der Waals surface area contributed by atoms with E-state index < -0.39 is 0 Å². The number of rotatable bonds is 4. The van der Waals surface area contributed by atoms with Gasteiger partial charge in [-0.3, -0.25) is 0 Å². The van der Waals surface area contributed by atoms with Crippen molar-refractivity contribution in [3.05, 3.63) is 66.7 Å². The predicted molar refractivity (Wildman–Crippen MR) is 90.0 cm³/mol. The van der Waals surface area contributed by atoms with Gasteiger partial charge in [-0.2, -0.15) is 0 Å². The Bertz CT molecular complexity index is 734. The smallest absolute Gasteiger partial charge is 0.134 e. The molecule has 3 rings (SSSR count). The molecule has 3 aromatic rings. The molecule has 0 heterocycles. The Balaban J connectivity index is 1.81. The maximum Gasteiger partial charge on any atom is 0.134 e. The summed E-state index contributed by atoms with van der Waals surface area (Å²) in [5, 5.41) is 9.84. The zero-order valence-corrected chi connectivity index (χ0v) is 12.3. The van der Waals surface area contributed by atoms with Crippen LogP contribution in [0.3, 0.4) is 0 Å². The highest BCUT2D eigenvalue weighted by Gasteiger charge is 2.05. The number of aromatic hydroxyl groups is 1. The highest BCUT2D eigenvalue weighted by Crippen LogP contribution is 2.33. The fourth-order valence-corrected chi connectivity index (χ4v) is 2.02. The van der Waals surface area contributed by atoms with E-state index in [1.165, 1.54) is 12.1 Å². The van der Waals surface area contributed by atoms with Gasteiger partial charge in [0, 0.05) is 29.6 Å². The molecule has 3 aromatic carbocycles. The summed E-state index contributed by atoms with van der Waals surface area (Å²) < 4.78 is 11.4. The number of nitrogens with two attached hydrogens (primary N) is 2. The number of hydrogen-bond donors (Lipinski definition) is 3. The molecule has 0 aliphatic rings. The van der Waals surface area contributed by atoms with Gasteiger partial charge in [0.2, 0.25) is 0 Å². The van der Waals surface area contributed by atoms with Crippen LogP contribution in [0.4, 0.5) is 11.4 Å². The zero-order chi connectivity index (χ0) is 16.2. The molecule has 0 atom stereocenters. The molecule has 5 N–H and O–H groups in total. The van der Waals surface area contributed by atoms with E-state index in [2.05, 4.69) is 0 Å². The molecule has 23 heavy (non-hydrogen) atoms. The van der Waals surface area contributed by atoms with Gasteiger partial charge >= 0.3 is 0 Å². The van der Waals surface area contributed by atoms with Crippen molar-refractivity contribution in [1.29, 1.82) is 0 Å². The fourth-order valence-electron chi connectivity index (χ4n) is 2.02. The number of nitrogen functional groups attached to an aromatic ring is 2. The van der Waals surface area contributed by atoms with Gasteiger partial charge in [-0.15, -0.1) is 0 Å². The van der Waals surface area contributed by atoms with Crippen LogP contribution in [-0.4, -0.2) is 5.11 Å². The summed E-state index contributed by atoms with van der Waals surface area (Å²) in [4.78, 5) is 0. The molecule has 0 bridgehead atoms. The molecule has 0 aromatic heterocycles. The van der Waals surface area contributed by atoms with Gasteiger partial charge < -0.3 is 26.0 Å². The first-order valence-electron chi connectivity index (χ1n) is 6.99. The highest BCUT2D eigenvalue weighted by atomic mass is 16.5. The Labute approximate surface area is 133 Å². The van der Waals surface area contributed by atoms with Crippen molar-refractivity contribution in [3.63, 3.8) is 0 Å². The maximum atomic E-state index is 9.84. The lowest BCUT2D eigenvalue weighted by atomic mass is 10.2. The molecular weight excluding hydrogens is 292 g/mol. The lowest BCUT2D eigenvalue weighted by Crippen LogP contribution is -1.89. The third-order valence-corrected chi connectivity index (χ3v) is 3.10. The first-order valence-corrected chi connectivity index (χ1v) is 6.99. The van der Waals surface area contributed by atoms with Crippen molar-refractivity contribution in [2.24, 2.45) is 0 Å². The quantitative estimate of drug-likeness (QED) is 0.630. The molecule has 5 nitrogen and oxygen atoms in total. The third-order valence-electron chi connectivity index (χ3n) is 3.10. The van der Waals surface area contributed by atoms with E-state index >= 15 is 0 Å². The largest absolute Gasteiger partial charge is 0.508 e. The van der Waals surface area contributed by atoms with Gasteiger partial charge in [-0.25, -0.2) is 0 Å². The average Bonchev–Trinajstić information content (AvgIpc) is 2.51. The topological polar surface area (TPSA) is 90.7 Å². The van der Waals surface area contributed by atoms with Gasteiger partial charge in [0.1, 0.15) is 28.7 Å². The molecule has 116 valence electrons. The molecule has 0 unspecified atom stereocenters. The molecule has 0 radical (unpaired) electrons. The molecule has 0 amide bonds. The molecule has 0 fully saturated rings. The van der Waals surface area contributed by atoms with Crippen LogP contribution in [0.25, 0.3) is 0 Å². The van der Waals surface area contributed by atoms with E-state index in [1.54, 1.807) is 54.6 Å². The lowest BCUT2D eigenvalue weighted by molar-refractivity contribution is 0.435. The summed E-state index contributed by atoms with van der Waals surface area (Å²) in [6.45, 7) is 0. The molecule has 0 saturated carbocycles. The Kier molecular flexibility index (Phi) is 3.93. The standard InChI is InChI=1S/C18H16N2O3/c19-12-1-5-15(6-2-12)22-17-9-14(21)10-18(11-17)23-16-7-3-13(20)4-8-16/h1-11,21H,19-20H2. The number of phenolic OH excluding ortho intramolecular Hbond substituents is 1. The molecule has 0 saturated heterocycles. The SMILES string of the molecule is Nc1ccc(Oc2cc(O)cc(Oc3ccc(N)cc3)c2)cc1. The summed E-state index contributed by atoms with van der Waals surface area (Å²) in [5.74, 6) is 2.19. The van der Waals surface area contributed by atoms with E-state index in [0.29, 0.717) is 34.4 Å². The zero-order valence-electron chi connectivity index (χ0n) is 12.3. The number of ether oxygens (including phenoxy) is 2. The van der Waals surface area contributed by atoms with E-state index in [-0.39, 0.29) is 5.75 Å². The fraction of sp³-hybridized carbons (Fsp3) is 0. The molecule has 0 aliphatic heterocycles. The van der Waals surface area contributed by atoms with Crippen molar-refractivity contribution in [3.8, 4) is 28.7 Å². The number of hydrogen-bond acceptors (Lipinski definition) is 5. The molecule has 0 spiro atoms. The minimum absolute atomic E-state index is 0.0448. The van der Waals surface area contributed by atoms with E-state index in [0.717, 1.165) is 0 Å². The monoisotopic (exact) mass is 308 g/mol.